The number of carbonyl (C=O) groups is 1. The Kier molecular flexibility index (Phi) is 5.43. The quantitative estimate of drug-likeness (QED) is 0.425. The van der Waals surface area contributed by atoms with Gasteiger partial charge in [-0.1, -0.05) is 23.4 Å². The van der Waals surface area contributed by atoms with E-state index in [2.05, 4.69) is 20.3 Å². The summed E-state index contributed by atoms with van der Waals surface area (Å²) in [4.78, 5) is 27.2. The molecule has 4 rings (SSSR count). The van der Waals surface area contributed by atoms with E-state index in [9.17, 15) is 18.0 Å². The summed E-state index contributed by atoms with van der Waals surface area (Å²) in [7, 11) is 0. The molecule has 3 aromatic rings. The van der Waals surface area contributed by atoms with Crippen LogP contribution in [0.2, 0.25) is 5.02 Å². The molecule has 1 aliphatic rings. The summed E-state index contributed by atoms with van der Waals surface area (Å²) in [6, 6.07) is 0.739. The van der Waals surface area contributed by atoms with Crippen molar-refractivity contribution in [3.63, 3.8) is 0 Å². The molecular formula is C18H14ClF3N4OS2. The maximum Gasteiger partial charge on any atom is 0.417 e. The van der Waals surface area contributed by atoms with E-state index < -0.39 is 17.6 Å². The molecule has 1 aliphatic carbocycles. The van der Waals surface area contributed by atoms with Gasteiger partial charge in [-0.3, -0.25) is 4.79 Å². The highest BCUT2D eigenvalue weighted by atomic mass is 35.5. The third-order valence-corrected chi connectivity index (χ3v) is 6.86. The van der Waals surface area contributed by atoms with Crippen molar-refractivity contribution in [1.29, 1.82) is 0 Å². The molecule has 152 valence electrons. The number of thiophene rings is 1. The molecule has 0 saturated heterocycles. The molecule has 1 N–H and O–H groups in total. The van der Waals surface area contributed by atoms with E-state index in [1.54, 1.807) is 18.3 Å². The standard InChI is InChI=1S/C18H14ClF3N4OS2/c1-8-24-16(14-10-3-2-4-12(10)29-17(14)25-8)28-7-13(27)26-15-11(19)5-9(6-23-15)18(20,21)22/h5-6H,2-4,7H2,1H3,(H,23,26,27). The van der Waals surface area contributed by atoms with Crippen LogP contribution < -0.4 is 5.32 Å². The summed E-state index contributed by atoms with van der Waals surface area (Å²) in [5, 5.41) is 3.94. The number of alkyl halides is 3. The lowest BCUT2D eigenvalue weighted by atomic mass is 10.2. The van der Waals surface area contributed by atoms with E-state index in [1.165, 1.54) is 22.2 Å². The number of halogens is 4. The number of carbonyl (C=O) groups excluding carboxylic acids is 1. The van der Waals surface area contributed by atoms with Crippen LogP contribution in [0.1, 0.15) is 28.2 Å². The lowest BCUT2D eigenvalue weighted by molar-refractivity contribution is -0.137. The average molecular weight is 459 g/mol. The van der Waals surface area contributed by atoms with E-state index in [0.29, 0.717) is 12.0 Å². The lowest BCUT2D eigenvalue weighted by Crippen LogP contribution is -2.16. The van der Waals surface area contributed by atoms with Gasteiger partial charge in [0, 0.05) is 16.5 Å². The van der Waals surface area contributed by atoms with Gasteiger partial charge in [0.05, 0.1) is 16.3 Å². The van der Waals surface area contributed by atoms with Gasteiger partial charge >= 0.3 is 6.18 Å². The van der Waals surface area contributed by atoms with Gasteiger partial charge in [-0.15, -0.1) is 11.3 Å². The Labute approximate surface area is 177 Å². The Balaban J connectivity index is 1.49. The molecule has 0 fully saturated rings. The molecule has 29 heavy (non-hydrogen) atoms. The monoisotopic (exact) mass is 458 g/mol. The van der Waals surface area contributed by atoms with Gasteiger partial charge in [0.2, 0.25) is 5.91 Å². The van der Waals surface area contributed by atoms with Crippen LogP contribution in [0.5, 0.6) is 0 Å². The summed E-state index contributed by atoms with van der Waals surface area (Å²) in [5.41, 5.74) is 0.292. The van der Waals surface area contributed by atoms with Gasteiger partial charge in [0.15, 0.2) is 5.82 Å². The van der Waals surface area contributed by atoms with Crippen LogP contribution in [0.25, 0.3) is 10.2 Å². The largest absolute Gasteiger partial charge is 0.417 e. The fourth-order valence-corrected chi connectivity index (χ4v) is 5.64. The van der Waals surface area contributed by atoms with Crippen molar-refractivity contribution in [1.82, 2.24) is 15.0 Å². The summed E-state index contributed by atoms with van der Waals surface area (Å²) < 4.78 is 38.1. The van der Waals surface area contributed by atoms with Crippen molar-refractivity contribution >= 4 is 56.6 Å². The molecule has 0 radical (unpaired) electrons. The van der Waals surface area contributed by atoms with Crippen molar-refractivity contribution in [2.75, 3.05) is 11.1 Å². The third-order valence-electron chi connectivity index (χ3n) is 4.41. The van der Waals surface area contributed by atoms with Crippen LogP contribution in [0.3, 0.4) is 0 Å². The molecule has 1 amide bonds. The molecule has 3 aromatic heterocycles. The van der Waals surface area contributed by atoms with E-state index in [4.69, 9.17) is 11.6 Å². The number of pyridine rings is 1. The summed E-state index contributed by atoms with van der Waals surface area (Å²) in [5.74, 6) is 0.119. The number of hydrogen-bond acceptors (Lipinski definition) is 6. The second-order valence-electron chi connectivity index (χ2n) is 6.50. The number of aryl methyl sites for hydroxylation is 3. The first-order chi connectivity index (χ1) is 13.7. The first-order valence-corrected chi connectivity index (χ1v) is 10.8. The van der Waals surface area contributed by atoms with E-state index in [0.717, 1.165) is 40.6 Å². The average Bonchev–Trinajstić information content (AvgIpc) is 3.21. The minimum atomic E-state index is -4.55. The lowest BCUT2D eigenvalue weighted by Gasteiger charge is -2.10. The van der Waals surface area contributed by atoms with Gasteiger partial charge in [-0.25, -0.2) is 15.0 Å². The Morgan fingerprint density at radius 2 is 2.14 bits per heavy atom. The zero-order chi connectivity index (χ0) is 20.8. The van der Waals surface area contributed by atoms with Crippen LogP contribution in [0.4, 0.5) is 19.0 Å². The van der Waals surface area contributed by atoms with Gasteiger partial charge in [0.1, 0.15) is 15.7 Å². The Hall–Kier alpha value is -1.91. The maximum absolute atomic E-state index is 12.7. The number of thioether (sulfide) groups is 1. The fraction of sp³-hybridized carbons (Fsp3) is 0.333. The van der Waals surface area contributed by atoms with E-state index in [-0.39, 0.29) is 16.6 Å². The fourth-order valence-electron chi connectivity index (χ4n) is 3.16. The van der Waals surface area contributed by atoms with Crippen molar-refractivity contribution in [2.24, 2.45) is 0 Å². The Bertz CT molecular complexity index is 1120. The SMILES string of the molecule is Cc1nc(SCC(=O)Nc2ncc(C(F)(F)F)cc2Cl)c2c3c(sc2n1)CCC3. The van der Waals surface area contributed by atoms with Crippen molar-refractivity contribution in [3.05, 3.63) is 39.1 Å². The topological polar surface area (TPSA) is 67.8 Å². The number of hydrogen-bond donors (Lipinski definition) is 1. The third kappa shape index (κ3) is 4.19. The van der Waals surface area contributed by atoms with Crippen molar-refractivity contribution in [2.45, 2.75) is 37.4 Å². The molecule has 5 nitrogen and oxygen atoms in total. The minimum Gasteiger partial charge on any atom is -0.309 e. The second kappa shape index (κ2) is 7.73. The molecule has 0 atom stereocenters. The molecule has 0 aliphatic heterocycles. The van der Waals surface area contributed by atoms with Crippen LogP contribution in [0.15, 0.2) is 17.3 Å². The normalized spacial score (nSPS) is 13.7. The van der Waals surface area contributed by atoms with Gasteiger partial charge < -0.3 is 5.32 Å². The molecule has 0 saturated carbocycles. The molecule has 0 unspecified atom stereocenters. The van der Waals surface area contributed by atoms with Crippen LogP contribution >= 0.6 is 34.7 Å². The first kappa shape index (κ1) is 20.4. The number of anilines is 1. The molecule has 0 bridgehead atoms. The second-order valence-corrected chi connectivity index (χ2v) is 8.96. The van der Waals surface area contributed by atoms with Crippen molar-refractivity contribution in [3.8, 4) is 0 Å². The number of amides is 1. The van der Waals surface area contributed by atoms with E-state index >= 15 is 0 Å². The first-order valence-electron chi connectivity index (χ1n) is 8.66. The molecular weight excluding hydrogens is 445 g/mol. The molecule has 0 spiro atoms. The number of aromatic nitrogens is 3. The molecule has 3 heterocycles. The van der Waals surface area contributed by atoms with Gasteiger partial charge in [-0.05, 0) is 37.8 Å². The van der Waals surface area contributed by atoms with Gasteiger partial charge in [0.25, 0.3) is 0 Å². The van der Waals surface area contributed by atoms with E-state index in [1.807, 2.05) is 0 Å². The van der Waals surface area contributed by atoms with Crippen LogP contribution in [-0.4, -0.2) is 26.6 Å². The summed E-state index contributed by atoms with van der Waals surface area (Å²) in [6.07, 6.45) is -0.787. The van der Waals surface area contributed by atoms with Crippen molar-refractivity contribution < 1.29 is 18.0 Å². The highest BCUT2D eigenvalue weighted by molar-refractivity contribution is 8.00. The maximum atomic E-state index is 12.7. The summed E-state index contributed by atoms with van der Waals surface area (Å²) in [6.45, 7) is 1.81. The molecule has 0 aromatic carbocycles. The predicted octanol–water partition coefficient (Wildman–Crippen LogP) is 5.29. The highest BCUT2D eigenvalue weighted by Crippen LogP contribution is 2.40. The zero-order valence-electron chi connectivity index (χ0n) is 15.1. The Morgan fingerprint density at radius 1 is 1.34 bits per heavy atom. The summed E-state index contributed by atoms with van der Waals surface area (Å²) >= 11 is 8.78. The van der Waals surface area contributed by atoms with Gasteiger partial charge in [-0.2, -0.15) is 13.2 Å². The number of rotatable bonds is 4. The number of fused-ring (bicyclic) bond motifs is 3. The predicted molar refractivity (Wildman–Crippen MR) is 108 cm³/mol. The smallest absolute Gasteiger partial charge is 0.309 e. The Morgan fingerprint density at radius 3 is 2.86 bits per heavy atom. The molecule has 11 heteroatoms. The number of nitrogens with one attached hydrogen (secondary N) is 1. The van der Waals surface area contributed by atoms with Crippen LogP contribution in [0, 0.1) is 6.92 Å². The van der Waals surface area contributed by atoms with Crippen LogP contribution in [-0.2, 0) is 23.8 Å². The highest BCUT2D eigenvalue weighted by Gasteiger charge is 2.31. The zero-order valence-corrected chi connectivity index (χ0v) is 17.5. The minimum absolute atomic E-state index is 0.0230. The number of nitrogens with zero attached hydrogens (tertiary/aromatic N) is 3.